The molecule has 166 valence electrons. The van der Waals surface area contributed by atoms with Crippen LogP contribution >= 0.6 is 0 Å². The number of carbonyl (C=O) groups excluding carboxylic acids is 1. The average Bonchev–Trinajstić information content (AvgIpc) is 2.85. The summed E-state index contributed by atoms with van der Waals surface area (Å²) in [6.07, 6.45) is 4.59. The van der Waals surface area contributed by atoms with Gasteiger partial charge in [0.2, 0.25) is 5.95 Å². The largest absolute Gasteiger partial charge is 0.497 e. The first-order valence-corrected chi connectivity index (χ1v) is 10.4. The summed E-state index contributed by atoms with van der Waals surface area (Å²) in [5.74, 6) is 1.40. The maximum atomic E-state index is 13.3. The van der Waals surface area contributed by atoms with Crippen LogP contribution < -0.4 is 19.9 Å². The molecule has 0 saturated carbocycles. The molecule has 0 radical (unpaired) electrons. The minimum Gasteiger partial charge on any atom is -0.497 e. The van der Waals surface area contributed by atoms with Crippen LogP contribution in [0.1, 0.15) is 23.2 Å². The van der Waals surface area contributed by atoms with Crippen molar-refractivity contribution in [2.24, 2.45) is 13.0 Å². The van der Waals surface area contributed by atoms with Gasteiger partial charge in [-0.3, -0.25) is 14.2 Å². The summed E-state index contributed by atoms with van der Waals surface area (Å²) in [4.78, 5) is 40.8. The van der Waals surface area contributed by atoms with Crippen LogP contribution in [0.4, 0.5) is 5.95 Å². The van der Waals surface area contributed by atoms with Crippen molar-refractivity contribution in [1.29, 1.82) is 0 Å². The SMILES string of the molecule is COc1ccc(C(=O)C2CCCN(c3nc(-c4ccncn4)cc(=O)n3C)C2)c(OC)c1. The van der Waals surface area contributed by atoms with Crippen LogP contribution in [-0.4, -0.2) is 52.6 Å². The first-order chi connectivity index (χ1) is 15.5. The third-order valence-electron chi connectivity index (χ3n) is 5.70. The fraction of sp³-hybridized carbons (Fsp3) is 0.348. The van der Waals surface area contributed by atoms with Crippen LogP contribution in [0, 0.1) is 5.92 Å². The molecule has 2 aromatic heterocycles. The Balaban J connectivity index is 1.63. The van der Waals surface area contributed by atoms with E-state index in [-0.39, 0.29) is 17.3 Å². The molecule has 1 unspecified atom stereocenters. The number of rotatable bonds is 6. The van der Waals surface area contributed by atoms with Gasteiger partial charge in [0.1, 0.15) is 17.8 Å². The Morgan fingerprint density at radius 2 is 1.97 bits per heavy atom. The second kappa shape index (κ2) is 9.17. The number of methoxy groups -OCH3 is 2. The van der Waals surface area contributed by atoms with Crippen molar-refractivity contribution >= 4 is 11.7 Å². The molecule has 1 saturated heterocycles. The number of anilines is 1. The lowest BCUT2D eigenvalue weighted by atomic mass is 9.89. The van der Waals surface area contributed by atoms with E-state index in [0.717, 1.165) is 12.8 Å². The zero-order valence-corrected chi connectivity index (χ0v) is 18.3. The van der Waals surface area contributed by atoms with Gasteiger partial charge in [-0.15, -0.1) is 0 Å². The molecule has 1 aliphatic heterocycles. The molecular formula is C23H25N5O4. The highest BCUT2D eigenvalue weighted by molar-refractivity contribution is 6.01. The minimum atomic E-state index is -0.245. The van der Waals surface area contributed by atoms with Gasteiger partial charge in [-0.25, -0.2) is 15.0 Å². The second-order valence-corrected chi connectivity index (χ2v) is 7.65. The number of piperidine rings is 1. The Hall–Kier alpha value is -3.75. The van der Waals surface area contributed by atoms with Gasteiger partial charge in [-0.1, -0.05) is 0 Å². The Morgan fingerprint density at radius 3 is 2.69 bits per heavy atom. The summed E-state index contributed by atoms with van der Waals surface area (Å²) in [7, 11) is 4.80. The van der Waals surface area contributed by atoms with E-state index < -0.39 is 0 Å². The molecular weight excluding hydrogens is 410 g/mol. The van der Waals surface area contributed by atoms with Crippen molar-refractivity contribution in [3.8, 4) is 22.9 Å². The molecule has 32 heavy (non-hydrogen) atoms. The summed E-state index contributed by atoms with van der Waals surface area (Å²) >= 11 is 0. The molecule has 0 N–H and O–H groups in total. The van der Waals surface area contributed by atoms with Crippen LogP contribution in [0.3, 0.4) is 0 Å². The maximum absolute atomic E-state index is 13.3. The molecule has 3 heterocycles. The van der Waals surface area contributed by atoms with Gasteiger partial charge in [0.25, 0.3) is 5.56 Å². The predicted octanol–water partition coefficient (Wildman–Crippen LogP) is 2.35. The van der Waals surface area contributed by atoms with Crippen molar-refractivity contribution in [3.05, 3.63) is 58.8 Å². The Labute approximate surface area is 185 Å². The molecule has 0 amide bonds. The topological polar surface area (TPSA) is 99.4 Å². The number of hydrogen-bond acceptors (Lipinski definition) is 8. The van der Waals surface area contributed by atoms with Crippen LogP contribution in [0.5, 0.6) is 11.5 Å². The van der Waals surface area contributed by atoms with Crippen LogP contribution in [-0.2, 0) is 7.05 Å². The first-order valence-electron chi connectivity index (χ1n) is 10.4. The fourth-order valence-electron chi connectivity index (χ4n) is 3.98. The Bertz CT molecular complexity index is 1180. The van der Waals surface area contributed by atoms with E-state index in [4.69, 9.17) is 14.5 Å². The standard InChI is InChI=1S/C23H25N5O4/c1-27-21(29)12-19(18-8-9-24-14-25-18)26-23(27)28-10-4-5-15(13-28)22(30)17-7-6-16(31-2)11-20(17)32-3/h6-9,11-12,14-15H,4-5,10,13H2,1-3H3. The van der Waals surface area contributed by atoms with Crippen molar-refractivity contribution in [3.63, 3.8) is 0 Å². The van der Waals surface area contributed by atoms with Gasteiger partial charge < -0.3 is 14.4 Å². The van der Waals surface area contributed by atoms with Crippen molar-refractivity contribution in [1.82, 2.24) is 19.5 Å². The molecule has 9 nitrogen and oxygen atoms in total. The lowest BCUT2D eigenvalue weighted by Crippen LogP contribution is -2.42. The van der Waals surface area contributed by atoms with Gasteiger partial charge in [0, 0.05) is 44.4 Å². The quantitative estimate of drug-likeness (QED) is 0.544. The highest BCUT2D eigenvalue weighted by atomic mass is 16.5. The average molecular weight is 435 g/mol. The molecule has 0 bridgehead atoms. The summed E-state index contributed by atoms with van der Waals surface area (Å²) in [6.45, 7) is 1.17. The van der Waals surface area contributed by atoms with E-state index in [1.165, 1.54) is 24.1 Å². The van der Waals surface area contributed by atoms with E-state index in [1.807, 2.05) is 4.90 Å². The van der Waals surface area contributed by atoms with Gasteiger partial charge >= 0.3 is 0 Å². The maximum Gasteiger partial charge on any atom is 0.255 e. The number of ether oxygens (including phenoxy) is 2. The van der Waals surface area contributed by atoms with E-state index >= 15 is 0 Å². The third kappa shape index (κ3) is 4.18. The molecule has 9 heteroatoms. The number of benzene rings is 1. The number of aromatic nitrogens is 4. The molecule has 1 aromatic carbocycles. The number of nitrogens with zero attached hydrogens (tertiary/aromatic N) is 5. The third-order valence-corrected chi connectivity index (χ3v) is 5.70. The summed E-state index contributed by atoms with van der Waals surface area (Å²) in [5, 5.41) is 0. The Morgan fingerprint density at radius 1 is 1.12 bits per heavy atom. The molecule has 0 spiro atoms. The predicted molar refractivity (Wildman–Crippen MR) is 119 cm³/mol. The minimum absolute atomic E-state index is 0.00570. The van der Waals surface area contributed by atoms with Crippen molar-refractivity contribution < 1.29 is 14.3 Å². The van der Waals surface area contributed by atoms with Gasteiger partial charge in [0.05, 0.1) is 31.2 Å². The summed E-state index contributed by atoms with van der Waals surface area (Å²) in [6, 6.07) is 8.38. The fourth-order valence-corrected chi connectivity index (χ4v) is 3.98. The molecule has 0 aliphatic carbocycles. The number of ketones is 1. The zero-order valence-electron chi connectivity index (χ0n) is 18.3. The summed E-state index contributed by atoms with van der Waals surface area (Å²) in [5.41, 5.74) is 1.40. The first kappa shape index (κ1) is 21.5. The Kier molecular flexibility index (Phi) is 6.16. The van der Waals surface area contributed by atoms with Gasteiger partial charge in [-0.2, -0.15) is 0 Å². The normalized spacial score (nSPS) is 16.0. The van der Waals surface area contributed by atoms with Crippen molar-refractivity contribution in [2.75, 3.05) is 32.2 Å². The van der Waals surface area contributed by atoms with E-state index in [0.29, 0.717) is 47.5 Å². The molecule has 1 aliphatic rings. The highest BCUT2D eigenvalue weighted by Crippen LogP contribution is 2.30. The van der Waals surface area contributed by atoms with E-state index in [2.05, 4.69) is 9.97 Å². The number of Topliss-reactive ketones (excluding diaryl/α,β-unsaturated/α-hetero) is 1. The zero-order chi connectivity index (χ0) is 22.7. The van der Waals surface area contributed by atoms with Crippen LogP contribution in [0.25, 0.3) is 11.4 Å². The second-order valence-electron chi connectivity index (χ2n) is 7.65. The highest BCUT2D eigenvalue weighted by Gasteiger charge is 2.30. The van der Waals surface area contributed by atoms with E-state index in [1.54, 1.807) is 44.6 Å². The summed E-state index contributed by atoms with van der Waals surface area (Å²) < 4.78 is 12.2. The molecule has 1 fully saturated rings. The van der Waals surface area contributed by atoms with Gasteiger partial charge in [0.15, 0.2) is 5.78 Å². The van der Waals surface area contributed by atoms with Crippen LogP contribution in [0.15, 0.2) is 47.7 Å². The molecule has 1 atom stereocenters. The van der Waals surface area contributed by atoms with Crippen molar-refractivity contribution in [2.45, 2.75) is 12.8 Å². The molecule has 4 rings (SSSR count). The van der Waals surface area contributed by atoms with Crippen LogP contribution in [0.2, 0.25) is 0 Å². The van der Waals surface area contributed by atoms with Gasteiger partial charge in [-0.05, 0) is 31.0 Å². The number of carbonyl (C=O) groups is 1. The smallest absolute Gasteiger partial charge is 0.255 e. The lowest BCUT2D eigenvalue weighted by molar-refractivity contribution is 0.0903. The number of hydrogen-bond donors (Lipinski definition) is 0. The monoisotopic (exact) mass is 435 g/mol. The van der Waals surface area contributed by atoms with E-state index in [9.17, 15) is 9.59 Å². The molecule has 3 aromatic rings. The lowest BCUT2D eigenvalue weighted by Gasteiger charge is -2.33.